The average molecular weight is 288 g/mol. The molecule has 0 aromatic heterocycles. The molecule has 1 rings (SSSR count). The molecular formula is C14H19F3N2O. The Kier molecular flexibility index (Phi) is 6.01. The number of hydrogen-bond donors (Lipinski definition) is 2. The number of amides is 1. The largest absolute Gasteiger partial charge is 0.389 e. The number of rotatable bonds is 6. The summed E-state index contributed by atoms with van der Waals surface area (Å²) in [6, 6.07) is 6.44. The molecule has 1 atom stereocenters. The minimum Gasteiger partial charge on any atom is -0.326 e. The van der Waals surface area contributed by atoms with Crippen LogP contribution in [-0.4, -0.2) is 25.7 Å². The number of nitrogens with one attached hydrogen (secondary N) is 2. The predicted molar refractivity (Wildman–Crippen MR) is 72.5 cm³/mol. The zero-order chi connectivity index (χ0) is 15.2. The van der Waals surface area contributed by atoms with Crippen LogP contribution in [-0.2, 0) is 11.2 Å². The van der Waals surface area contributed by atoms with Gasteiger partial charge in [0, 0.05) is 24.6 Å². The average Bonchev–Trinajstić information content (AvgIpc) is 2.37. The zero-order valence-electron chi connectivity index (χ0n) is 11.6. The topological polar surface area (TPSA) is 41.1 Å². The number of carbonyl (C=O) groups excluding carboxylic acids is 1. The molecule has 112 valence electrons. The van der Waals surface area contributed by atoms with E-state index in [0.717, 1.165) is 0 Å². The van der Waals surface area contributed by atoms with Crippen molar-refractivity contribution in [3.8, 4) is 0 Å². The van der Waals surface area contributed by atoms with Crippen molar-refractivity contribution in [1.82, 2.24) is 5.32 Å². The Morgan fingerprint density at radius 2 is 1.85 bits per heavy atom. The van der Waals surface area contributed by atoms with E-state index in [-0.39, 0.29) is 18.2 Å². The van der Waals surface area contributed by atoms with Gasteiger partial charge in [-0.1, -0.05) is 19.1 Å². The molecule has 0 radical (unpaired) electrons. The molecule has 1 amide bonds. The number of benzene rings is 1. The highest BCUT2D eigenvalue weighted by Gasteiger charge is 2.26. The number of alkyl halides is 3. The van der Waals surface area contributed by atoms with Gasteiger partial charge in [-0.05, 0) is 31.2 Å². The fraction of sp³-hybridized carbons (Fsp3) is 0.500. The van der Waals surface area contributed by atoms with Gasteiger partial charge in [0.25, 0.3) is 0 Å². The molecule has 0 heterocycles. The summed E-state index contributed by atoms with van der Waals surface area (Å²) >= 11 is 0. The molecule has 3 nitrogen and oxygen atoms in total. The van der Waals surface area contributed by atoms with Gasteiger partial charge in [0.1, 0.15) is 0 Å². The van der Waals surface area contributed by atoms with E-state index >= 15 is 0 Å². The lowest BCUT2D eigenvalue weighted by molar-refractivity contribution is -0.134. The van der Waals surface area contributed by atoms with Gasteiger partial charge in [0.2, 0.25) is 5.91 Å². The minimum absolute atomic E-state index is 0.0477. The minimum atomic E-state index is -4.14. The monoisotopic (exact) mass is 288 g/mol. The third-order valence-electron chi connectivity index (χ3n) is 2.88. The molecule has 0 fully saturated rings. The lowest BCUT2D eigenvalue weighted by atomic mass is 10.1. The summed E-state index contributed by atoms with van der Waals surface area (Å²) in [6.45, 7) is 2.36. The summed E-state index contributed by atoms with van der Waals surface area (Å²) in [6.07, 6.45) is -5.03. The molecule has 0 saturated carbocycles. The van der Waals surface area contributed by atoms with E-state index in [0.29, 0.717) is 17.8 Å². The lowest BCUT2D eigenvalue weighted by Gasteiger charge is -2.12. The highest BCUT2D eigenvalue weighted by atomic mass is 19.4. The molecule has 0 bridgehead atoms. The van der Waals surface area contributed by atoms with Crippen LogP contribution in [0.3, 0.4) is 0 Å². The number of halogens is 3. The Bertz CT molecular complexity index is 429. The summed E-state index contributed by atoms with van der Waals surface area (Å²) in [5.74, 6) is -0.299. The third-order valence-corrected chi connectivity index (χ3v) is 2.88. The van der Waals surface area contributed by atoms with E-state index in [4.69, 9.17) is 0 Å². The normalized spacial score (nSPS) is 13.1. The second-order valence-electron chi connectivity index (χ2n) is 4.76. The lowest BCUT2D eigenvalue weighted by Crippen LogP contribution is -2.28. The summed E-state index contributed by atoms with van der Waals surface area (Å²) in [4.78, 5) is 11.7. The summed E-state index contributed by atoms with van der Waals surface area (Å²) in [7, 11) is 1.76. The van der Waals surface area contributed by atoms with Crippen LogP contribution in [0.4, 0.5) is 18.9 Å². The molecule has 20 heavy (non-hydrogen) atoms. The van der Waals surface area contributed by atoms with Gasteiger partial charge < -0.3 is 10.6 Å². The van der Waals surface area contributed by atoms with Crippen LogP contribution < -0.4 is 10.6 Å². The zero-order valence-corrected chi connectivity index (χ0v) is 11.6. The van der Waals surface area contributed by atoms with Crippen molar-refractivity contribution in [1.29, 1.82) is 0 Å². The Morgan fingerprint density at radius 1 is 1.25 bits per heavy atom. The van der Waals surface area contributed by atoms with E-state index in [1.807, 2.05) is 0 Å². The molecule has 0 aliphatic carbocycles. The fourth-order valence-corrected chi connectivity index (χ4v) is 1.71. The van der Waals surface area contributed by atoms with Crippen molar-refractivity contribution in [3.63, 3.8) is 0 Å². The van der Waals surface area contributed by atoms with E-state index in [1.54, 1.807) is 38.2 Å². The predicted octanol–water partition coefficient (Wildman–Crippen LogP) is 2.98. The Morgan fingerprint density at radius 3 is 2.35 bits per heavy atom. The van der Waals surface area contributed by atoms with Gasteiger partial charge >= 0.3 is 6.18 Å². The van der Waals surface area contributed by atoms with Gasteiger partial charge in [-0.2, -0.15) is 13.2 Å². The molecule has 6 heteroatoms. The summed E-state index contributed by atoms with van der Waals surface area (Å²) in [5.41, 5.74) is 1.19. The van der Waals surface area contributed by atoms with Gasteiger partial charge in [0.15, 0.2) is 0 Å². The van der Waals surface area contributed by atoms with E-state index in [9.17, 15) is 18.0 Å². The molecule has 0 aliphatic rings. The maximum absolute atomic E-state index is 12.1. The van der Waals surface area contributed by atoms with Crippen LogP contribution >= 0.6 is 0 Å². The highest BCUT2D eigenvalue weighted by Crippen LogP contribution is 2.22. The van der Waals surface area contributed by atoms with Crippen molar-refractivity contribution in [3.05, 3.63) is 29.8 Å². The van der Waals surface area contributed by atoms with Crippen LogP contribution in [0.25, 0.3) is 0 Å². The van der Waals surface area contributed by atoms with Crippen LogP contribution in [0.2, 0.25) is 0 Å². The number of anilines is 1. The van der Waals surface area contributed by atoms with Crippen molar-refractivity contribution in [2.75, 3.05) is 18.9 Å². The standard InChI is InChI=1S/C14H19F3N2O/c1-10(9-18-2)13(20)19-12-5-3-11(4-6-12)7-8-14(15,16)17/h3-6,10,18H,7-9H2,1-2H3,(H,19,20). The Balaban J connectivity index is 2.52. The first-order valence-electron chi connectivity index (χ1n) is 6.43. The van der Waals surface area contributed by atoms with E-state index in [2.05, 4.69) is 10.6 Å². The Hall–Kier alpha value is -1.56. The first kappa shape index (κ1) is 16.5. The Labute approximate surface area is 116 Å². The highest BCUT2D eigenvalue weighted by molar-refractivity contribution is 5.92. The van der Waals surface area contributed by atoms with Crippen molar-refractivity contribution < 1.29 is 18.0 Å². The first-order valence-corrected chi connectivity index (χ1v) is 6.43. The molecular weight excluding hydrogens is 269 g/mol. The van der Waals surface area contributed by atoms with Crippen molar-refractivity contribution in [2.45, 2.75) is 25.9 Å². The van der Waals surface area contributed by atoms with Crippen LogP contribution in [0.15, 0.2) is 24.3 Å². The summed E-state index contributed by atoms with van der Waals surface area (Å²) < 4.78 is 36.3. The van der Waals surface area contributed by atoms with Crippen LogP contribution in [0.5, 0.6) is 0 Å². The smallest absolute Gasteiger partial charge is 0.326 e. The maximum Gasteiger partial charge on any atom is 0.389 e. The second-order valence-corrected chi connectivity index (χ2v) is 4.76. The van der Waals surface area contributed by atoms with E-state index in [1.165, 1.54) is 0 Å². The van der Waals surface area contributed by atoms with Gasteiger partial charge in [-0.3, -0.25) is 4.79 Å². The molecule has 0 spiro atoms. The number of aryl methyl sites for hydroxylation is 1. The van der Waals surface area contributed by atoms with Crippen molar-refractivity contribution in [2.24, 2.45) is 5.92 Å². The second kappa shape index (κ2) is 7.28. The van der Waals surface area contributed by atoms with Gasteiger partial charge in [-0.25, -0.2) is 0 Å². The van der Waals surface area contributed by atoms with Crippen LogP contribution in [0.1, 0.15) is 18.9 Å². The molecule has 1 aromatic rings. The number of carbonyl (C=O) groups is 1. The van der Waals surface area contributed by atoms with Gasteiger partial charge in [-0.15, -0.1) is 0 Å². The number of hydrogen-bond acceptors (Lipinski definition) is 2. The molecule has 2 N–H and O–H groups in total. The van der Waals surface area contributed by atoms with E-state index < -0.39 is 12.6 Å². The maximum atomic E-state index is 12.1. The van der Waals surface area contributed by atoms with Gasteiger partial charge in [0.05, 0.1) is 0 Å². The van der Waals surface area contributed by atoms with Crippen LogP contribution in [0, 0.1) is 5.92 Å². The SMILES string of the molecule is CNCC(C)C(=O)Nc1ccc(CCC(F)(F)F)cc1. The first-order chi connectivity index (χ1) is 9.31. The fourth-order valence-electron chi connectivity index (χ4n) is 1.71. The third kappa shape index (κ3) is 6.06. The molecule has 0 aliphatic heterocycles. The van der Waals surface area contributed by atoms with Crippen molar-refractivity contribution >= 4 is 11.6 Å². The molecule has 1 aromatic carbocycles. The molecule has 0 saturated heterocycles. The summed E-state index contributed by atoms with van der Waals surface area (Å²) in [5, 5.41) is 5.63. The quantitative estimate of drug-likeness (QED) is 0.845. The molecule has 1 unspecified atom stereocenters.